The predicted octanol–water partition coefficient (Wildman–Crippen LogP) is 2.34. The van der Waals surface area contributed by atoms with E-state index >= 15 is 0 Å². The molecule has 1 amide bonds. The Kier molecular flexibility index (Phi) is 4.38. The summed E-state index contributed by atoms with van der Waals surface area (Å²) in [6.07, 6.45) is 5.08. The third-order valence-electron chi connectivity index (χ3n) is 4.49. The highest BCUT2D eigenvalue weighted by Gasteiger charge is 2.24. The molecule has 0 spiro atoms. The second kappa shape index (κ2) is 6.82. The van der Waals surface area contributed by atoms with Gasteiger partial charge in [0.05, 0.1) is 6.20 Å². The molecule has 1 fully saturated rings. The number of halogens is 1. The summed E-state index contributed by atoms with van der Waals surface area (Å²) in [5.41, 5.74) is 2.40. The SMILES string of the molecule is O=C(c1cnn2cccnc12)N1CCN(Cc2ccc(Cl)cc2)CC1. The van der Waals surface area contributed by atoms with Gasteiger partial charge in [-0.15, -0.1) is 0 Å². The standard InChI is InChI=1S/C18H18ClN5O/c19-15-4-2-14(3-5-15)13-22-8-10-23(11-9-22)18(25)16-12-21-24-7-1-6-20-17(16)24/h1-7,12H,8-11,13H2. The van der Waals surface area contributed by atoms with E-state index in [1.807, 2.05) is 29.2 Å². The first-order valence-corrected chi connectivity index (χ1v) is 8.63. The summed E-state index contributed by atoms with van der Waals surface area (Å²) in [6, 6.07) is 9.71. The molecule has 3 aromatic rings. The van der Waals surface area contributed by atoms with Crippen LogP contribution in [-0.4, -0.2) is 56.5 Å². The van der Waals surface area contributed by atoms with Crippen molar-refractivity contribution in [3.05, 3.63) is 65.1 Å². The molecule has 0 aliphatic carbocycles. The molecule has 0 bridgehead atoms. The average Bonchev–Trinajstić information content (AvgIpc) is 3.08. The minimum atomic E-state index is -0.000145. The Balaban J connectivity index is 1.39. The summed E-state index contributed by atoms with van der Waals surface area (Å²) in [4.78, 5) is 21.3. The molecular weight excluding hydrogens is 338 g/mol. The van der Waals surface area contributed by atoms with Gasteiger partial charge < -0.3 is 4.90 Å². The van der Waals surface area contributed by atoms with Crippen molar-refractivity contribution in [1.29, 1.82) is 0 Å². The molecule has 6 nitrogen and oxygen atoms in total. The van der Waals surface area contributed by atoms with Crippen LogP contribution in [0.3, 0.4) is 0 Å². The molecule has 7 heteroatoms. The maximum atomic E-state index is 12.8. The van der Waals surface area contributed by atoms with Gasteiger partial charge in [-0.1, -0.05) is 23.7 Å². The number of piperazine rings is 1. The van der Waals surface area contributed by atoms with Crippen molar-refractivity contribution in [1.82, 2.24) is 24.4 Å². The van der Waals surface area contributed by atoms with Crippen LogP contribution < -0.4 is 0 Å². The second-order valence-electron chi connectivity index (χ2n) is 6.14. The van der Waals surface area contributed by atoms with Gasteiger partial charge in [-0.25, -0.2) is 9.50 Å². The Hall–Kier alpha value is -2.44. The maximum absolute atomic E-state index is 12.8. The van der Waals surface area contributed by atoms with Crippen LogP contribution >= 0.6 is 11.6 Å². The lowest BCUT2D eigenvalue weighted by Gasteiger charge is -2.34. The van der Waals surface area contributed by atoms with Crippen molar-refractivity contribution in [2.75, 3.05) is 26.2 Å². The van der Waals surface area contributed by atoms with Gasteiger partial charge in [0.15, 0.2) is 5.65 Å². The number of hydrogen-bond donors (Lipinski definition) is 0. The zero-order chi connectivity index (χ0) is 17.2. The fourth-order valence-corrected chi connectivity index (χ4v) is 3.23. The zero-order valence-electron chi connectivity index (χ0n) is 13.7. The molecular formula is C18H18ClN5O. The van der Waals surface area contributed by atoms with Gasteiger partial charge in [-0.2, -0.15) is 5.10 Å². The quantitative estimate of drug-likeness (QED) is 0.723. The molecule has 4 rings (SSSR count). The molecule has 3 heterocycles. The van der Waals surface area contributed by atoms with Crippen LogP contribution in [0.25, 0.3) is 5.65 Å². The van der Waals surface area contributed by atoms with E-state index in [4.69, 9.17) is 11.6 Å². The summed E-state index contributed by atoms with van der Waals surface area (Å²) in [6.45, 7) is 3.98. The van der Waals surface area contributed by atoms with E-state index in [-0.39, 0.29) is 5.91 Å². The topological polar surface area (TPSA) is 53.7 Å². The number of carbonyl (C=O) groups is 1. The first-order chi connectivity index (χ1) is 12.2. The van der Waals surface area contributed by atoms with Crippen molar-refractivity contribution in [3.8, 4) is 0 Å². The van der Waals surface area contributed by atoms with Crippen molar-refractivity contribution >= 4 is 23.2 Å². The van der Waals surface area contributed by atoms with Crippen LogP contribution in [0, 0.1) is 0 Å². The fraction of sp³-hybridized carbons (Fsp3) is 0.278. The minimum absolute atomic E-state index is 0.000145. The van der Waals surface area contributed by atoms with E-state index in [1.54, 1.807) is 29.2 Å². The molecule has 0 saturated carbocycles. The fourth-order valence-electron chi connectivity index (χ4n) is 3.11. The van der Waals surface area contributed by atoms with Crippen LogP contribution in [0.15, 0.2) is 48.9 Å². The molecule has 0 atom stereocenters. The van der Waals surface area contributed by atoms with Gasteiger partial charge in [0.25, 0.3) is 5.91 Å². The lowest BCUT2D eigenvalue weighted by molar-refractivity contribution is 0.0630. The Bertz CT molecular complexity index is 884. The van der Waals surface area contributed by atoms with Gasteiger partial charge in [-0.05, 0) is 23.8 Å². The Morgan fingerprint density at radius 2 is 1.88 bits per heavy atom. The van der Waals surface area contributed by atoms with Crippen LogP contribution in [0.2, 0.25) is 5.02 Å². The molecule has 2 aromatic heterocycles. The largest absolute Gasteiger partial charge is 0.336 e. The monoisotopic (exact) mass is 355 g/mol. The first-order valence-electron chi connectivity index (χ1n) is 8.25. The average molecular weight is 356 g/mol. The second-order valence-corrected chi connectivity index (χ2v) is 6.58. The van der Waals surface area contributed by atoms with Gasteiger partial charge in [0.1, 0.15) is 5.56 Å². The zero-order valence-corrected chi connectivity index (χ0v) is 14.4. The van der Waals surface area contributed by atoms with E-state index in [1.165, 1.54) is 5.56 Å². The third kappa shape index (κ3) is 3.36. The van der Waals surface area contributed by atoms with Crippen LogP contribution in [-0.2, 0) is 6.54 Å². The Morgan fingerprint density at radius 1 is 1.12 bits per heavy atom. The Morgan fingerprint density at radius 3 is 2.64 bits per heavy atom. The van der Waals surface area contributed by atoms with Crippen molar-refractivity contribution < 1.29 is 4.79 Å². The summed E-state index contributed by atoms with van der Waals surface area (Å²) in [7, 11) is 0. The number of fused-ring (bicyclic) bond motifs is 1. The highest BCUT2D eigenvalue weighted by atomic mass is 35.5. The normalized spacial score (nSPS) is 15.6. The molecule has 25 heavy (non-hydrogen) atoms. The lowest BCUT2D eigenvalue weighted by atomic mass is 10.2. The predicted molar refractivity (Wildman–Crippen MR) is 95.6 cm³/mol. The Labute approximate surface area is 150 Å². The molecule has 1 aliphatic heterocycles. The molecule has 0 unspecified atom stereocenters. The molecule has 0 radical (unpaired) electrons. The number of aromatic nitrogens is 3. The number of amides is 1. The molecule has 128 valence electrons. The number of nitrogens with zero attached hydrogens (tertiary/aromatic N) is 5. The highest BCUT2D eigenvalue weighted by molar-refractivity contribution is 6.30. The molecule has 1 aliphatic rings. The molecule has 1 aromatic carbocycles. The third-order valence-corrected chi connectivity index (χ3v) is 4.74. The van der Waals surface area contributed by atoms with Crippen LogP contribution in [0.5, 0.6) is 0 Å². The maximum Gasteiger partial charge on any atom is 0.259 e. The van der Waals surface area contributed by atoms with Gasteiger partial charge in [0, 0.05) is 50.1 Å². The van der Waals surface area contributed by atoms with Crippen molar-refractivity contribution in [3.63, 3.8) is 0 Å². The smallest absolute Gasteiger partial charge is 0.259 e. The number of hydrogen-bond acceptors (Lipinski definition) is 4. The van der Waals surface area contributed by atoms with Gasteiger partial charge in [-0.3, -0.25) is 9.69 Å². The number of benzene rings is 1. The molecule has 0 N–H and O–H groups in total. The van der Waals surface area contributed by atoms with E-state index in [0.29, 0.717) is 24.3 Å². The van der Waals surface area contributed by atoms with Gasteiger partial charge in [0.2, 0.25) is 0 Å². The van der Waals surface area contributed by atoms with E-state index < -0.39 is 0 Å². The lowest BCUT2D eigenvalue weighted by Crippen LogP contribution is -2.48. The first kappa shape index (κ1) is 16.1. The van der Waals surface area contributed by atoms with E-state index in [2.05, 4.69) is 15.0 Å². The van der Waals surface area contributed by atoms with Crippen molar-refractivity contribution in [2.45, 2.75) is 6.54 Å². The van der Waals surface area contributed by atoms with Crippen LogP contribution in [0.1, 0.15) is 15.9 Å². The molecule has 1 saturated heterocycles. The number of rotatable bonds is 3. The summed E-state index contributed by atoms with van der Waals surface area (Å²) in [5.74, 6) is -0.000145. The van der Waals surface area contributed by atoms with E-state index in [0.717, 1.165) is 24.7 Å². The summed E-state index contributed by atoms with van der Waals surface area (Å²) in [5, 5.41) is 4.95. The van der Waals surface area contributed by atoms with E-state index in [9.17, 15) is 4.79 Å². The number of carbonyl (C=O) groups excluding carboxylic acids is 1. The minimum Gasteiger partial charge on any atom is -0.336 e. The highest BCUT2D eigenvalue weighted by Crippen LogP contribution is 2.15. The van der Waals surface area contributed by atoms with Gasteiger partial charge >= 0.3 is 0 Å². The summed E-state index contributed by atoms with van der Waals surface area (Å²) < 4.78 is 1.63. The van der Waals surface area contributed by atoms with Crippen LogP contribution in [0.4, 0.5) is 0 Å². The van der Waals surface area contributed by atoms with Crippen molar-refractivity contribution in [2.24, 2.45) is 0 Å². The summed E-state index contributed by atoms with van der Waals surface area (Å²) >= 11 is 5.93.